The van der Waals surface area contributed by atoms with E-state index in [9.17, 15) is 33.6 Å². The molecule has 314 valence electrons. The van der Waals surface area contributed by atoms with Gasteiger partial charge in [-0.05, 0) is 55.9 Å². The van der Waals surface area contributed by atoms with Crippen LogP contribution in [0, 0.1) is 0 Å². The normalized spacial score (nSPS) is 18.3. The summed E-state index contributed by atoms with van der Waals surface area (Å²) < 4.78 is 10.8. The number of carbonyl (C=O) groups excluding carboxylic acids is 7. The smallest absolute Gasteiger partial charge is 0.407 e. The summed E-state index contributed by atoms with van der Waals surface area (Å²) in [6.45, 7) is 3.98. The van der Waals surface area contributed by atoms with Gasteiger partial charge in [0.2, 0.25) is 23.6 Å². The highest BCUT2D eigenvalue weighted by Gasteiger charge is 2.42. The maximum absolute atomic E-state index is 13.8. The van der Waals surface area contributed by atoms with Gasteiger partial charge in [-0.2, -0.15) is 11.8 Å². The molecule has 2 heterocycles. The van der Waals surface area contributed by atoms with Crippen LogP contribution in [0.25, 0.3) is 11.1 Å². The van der Waals surface area contributed by atoms with Crippen LogP contribution < -0.4 is 37.6 Å². The van der Waals surface area contributed by atoms with Crippen molar-refractivity contribution in [1.82, 2.24) is 36.8 Å². The highest BCUT2D eigenvalue weighted by molar-refractivity contribution is 8.00. The number of urea groups is 1. The Kier molecular flexibility index (Phi) is 15.2. The number of hydrogen-bond acceptors (Lipinski definition) is 10. The summed E-state index contributed by atoms with van der Waals surface area (Å²) >= 11 is 1.81. The zero-order valence-electron chi connectivity index (χ0n) is 33.1. The number of thioether (sulfide) groups is 1. The summed E-state index contributed by atoms with van der Waals surface area (Å²) in [4.78, 5) is 89.3. The van der Waals surface area contributed by atoms with Crippen molar-refractivity contribution < 1.29 is 43.0 Å². The highest BCUT2D eigenvalue weighted by atomic mass is 32.2. The molecule has 0 bridgehead atoms. The number of nitrogens with zero attached hydrogens (tertiary/aromatic N) is 1. The predicted octanol–water partition coefficient (Wildman–Crippen LogP) is 2.08. The largest absolute Gasteiger partial charge is 0.449 e. The summed E-state index contributed by atoms with van der Waals surface area (Å²) in [6.07, 6.45) is 0.751. The Labute approximate surface area is 342 Å². The molecule has 3 aliphatic rings. The van der Waals surface area contributed by atoms with E-state index < -0.39 is 48.1 Å². The lowest BCUT2D eigenvalue weighted by atomic mass is 9.98. The summed E-state index contributed by atoms with van der Waals surface area (Å²) in [7, 11) is 0. The van der Waals surface area contributed by atoms with Gasteiger partial charge in [-0.15, -0.1) is 0 Å². The van der Waals surface area contributed by atoms with Gasteiger partial charge in [0.05, 0.1) is 25.2 Å². The van der Waals surface area contributed by atoms with E-state index in [-0.39, 0.29) is 80.8 Å². The minimum absolute atomic E-state index is 0.00199. The van der Waals surface area contributed by atoms with Crippen LogP contribution in [-0.4, -0.2) is 121 Å². The topological polar surface area (TPSA) is 239 Å². The minimum atomic E-state index is -1.35. The number of nitrogens with one attached hydrogen (secondary N) is 6. The maximum atomic E-state index is 13.8. The van der Waals surface area contributed by atoms with Crippen molar-refractivity contribution in [2.24, 2.45) is 5.73 Å². The lowest BCUT2D eigenvalue weighted by molar-refractivity contribution is -0.138. The number of carbonyl (C=O) groups is 7. The third-order valence-corrected chi connectivity index (χ3v) is 11.4. The van der Waals surface area contributed by atoms with Gasteiger partial charge in [0, 0.05) is 49.4 Å². The first-order chi connectivity index (χ1) is 27.7. The first-order valence-electron chi connectivity index (χ1n) is 19.6. The second kappa shape index (κ2) is 20.3. The lowest BCUT2D eigenvalue weighted by Crippen LogP contribution is -2.56. The van der Waals surface area contributed by atoms with Gasteiger partial charge >= 0.3 is 18.2 Å². The summed E-state index contributed by atoms with van der Waals surface area (Å²) in [5.41, 5.74) is 8.92. The fourth-order valence-electron chi connectivity index (χ4n) is 7.26. The van der Waals surface area contributed by atoms with Gasteiger partial charge in [0.1, 0.15) is 18.2 Å². The number of benzene rings is 2. The van der Waals surface area contributed by atoms with E-state index in [1.54, 1.807) is 20.8 Å². The molecular formula is C40H54N8O9S. The number of hydrogen-bond donors (Lipinski definition) is 7. The standard InChI is InChI=1S/C40H54N8O9S/c1-40(2,3)57-39(55)44-20-29(45-34(51)16-17-43-38(54)56-22-28-26-12-6-4-10-24(26)25-11-5-7-13-27(25)28)36(52)48(21-32(41)49)19-18-42-33(50)15-9-8-14-31-35-30(23-58-31)46-37(53)47-35/h4-7,10-13,28-31,35H,8-9,14-23H2,1-3H3,(H2,41,49)(H,42,50)(H,43,54)(H,44,55)(H,45,51)(H2,46,47,53)/t29?,30-,31-,35-/m1/s1. The fraction of sp³-hybridized carbons (Fsp3) is 0.525. The van der Waals surface area contributed by atoms with Crippen LogP contribution in [0.3, 0.4) is 0 Å². The second-order valence-electron chi connectivity index (χ2n) is 15.4. The average Bonchev–Trinajstić information content (AvgIpc) is 3.83. The van der Waals surface area contributed by atoms with E-state index in [0.717, 1.165) is 45.7 Å². The quantitative estimate of drug-likeness (QED) is 0.0805. The first-order valence-corrected chi connectivity index (χ1v) is 20.6. The van der Waals surface area contributed by atoms with E-state index in [2.05, 4.69) is 31.9 Å². The van der Waals surface area contributed by atoms with Gasteiger partial charge in [-0.3, -0.25) is 19.2 Å². The number of ether oxygens (including phenoxy) is 2. The molecule has 8 amide bonds. The summed E-state index contributed by atoms with van der Waals surface area (Å²) in [6, 6.07) is 14.6. The SMILES string of the molecule is CC(C)(C)OC(=O)NCC(NC(=O)CCNC(=O)OCC1c2ccccc2-c2ccccc21)C(=O)N(CCNC(=O)CCCC[C@H]1SC[C@H]2NC(=O)N[C@H]21)CC(N)=O. The molecule has 2 fully saturated rings. The van der Waals surface area contributed by atoms with Crippen molar-refractivity contribution in [3.63, 3.8) is 0 Å². The van der Waals surface area contributed by atoms with Gasteiger partial charge in [0.15, 0.2) is 0 Å². The molecule has 2 aliphatic heterocycles. The van der Waals surface area contributed by atoms with Crippen molar-refractivity contribution >= 4 is 53.6 Å². The number of nitrogens with two attached hydrogens (primary N) is 1. The van der Waals surface area contributed by atoms with Gasteiger partial charge < -0.3 is 52.0 Å². The van der Waals surface area contributed by atoms with E-state index in [1.165, 1.54) is 0 Å². The molecule has 8 N–H and O–H groups in total. The maximum Gasteiger partial charge on any atom is 0.407 e. The molecule has 2 saturated heterocycles. The van der Waals surface area contributed by atoms with Crippen molar-refractivity contribution in [3.8, 4) is 11.1 Å². The highest BCUT2D eigenvalue weighted by Crippen LogP contribution is 2.44. The summed E-state index contributed by atoms with van der Waals surface area (Å²) in [5, 5.41) is 16.5. The molecule has 17 nitrogen and oxygen atoms in total. The van der Waals surface area contributed by atoms with Crippen molar-refractivity contribution in [3.05, 3.63) is 59.7 Å². The third-order valence-electron chi connectivity index (χ3n) is 9.89. The Morgan fingerprint density at radius 1 is 0.879 bits per heavy atom. The molecule has 2 aromatic rings. The van der Waals surface area contributed by atoms with Gasteiger partial charge in [0.25, 0.3) is 0 Å². The number of unbranched alkanes of at least 4 members (excludes halogenated alkanes) is 1. The number of primary amides is 1. The number of alkyl carbamates (subject to hydrolysis) is 2. The fourth-order valence-corrected chi connectivity index (χ4v) is 8.81. The zero-order valence-corrected chi connectivity index (χ0v) is 33.9. The monoisotopic (exact) mass is 822 g/mol. The lowest BCUT2D eigenvalue weighted by Gasteiger charge is -2.28. The molecule has 58 heavy (non-hydrogen) atoms. The Morgan fingerprint density at radius 3 is 2.24 bits per heavy atom. The van der Waals surface area contributed by atoms with Crippen molar-refractivity contribution in [1.29, 1.82) is 0 Å². The Hall–Kier alpha value is -5.52. The molecule has 2 aromatic carbocycles. The van der Waals surface area contributed by atoms with Gasteiger partial charge in [-0.1, -0.05) is 55.0 Å². The van der Waals surface area contributed by atoms with Gasteiger partial charge in [-0.25, -0.2) is 14.4 Å². The van der Waals surface area contributed by atoms with E-state index >= 15 is 0 Å². The van der Waals surface area contributed by atoms with E-state index in [0.29, 0.717) is 6.42 Å². The van der Waals surface area contributed by atoms with Crippen LogP contribution >= 0.6 is 11.8 Å². The minimum Gasteiger partial charge on any atom is -0.449 e. The Bertz CT molecular complexity index is 1790. The molecule has 0 radical (unpaired) electrons. The molecule has 1 unspecified atom stereocenters. The molecule has 0 aromatic heterocycles. The van der Waals surface area contributed by atoms with Crippen molar-refractivity contribution in [2.45, 2.75) is 87.8 Å². The number of rotatable bonds is 19. The Balaban J connectivity index is 1.08. The number of amides is 8. The molecule has 0 spiro atoms. The Morgan fingerprint density at radius 2 is 1.57 bits per heavy atom. The third kappa shape index (κ3) is 12.5. The van der Waals surface area contributed by atoms with E-state index in [4.69, 9.17) is 15.2 Å². The van der Waals surface area contributed by atoms with Crippen LogP contribution in [0.1, 0.15) is 69.9 Å². The molecule has 4 atom stereocenters. The number of fused-ring (bicyclic) bond motifs is 4. The molecule has 5 rings (SSSR count). The second-order valence-corrected chi connectivity index (χ2v) is 16.7. The van der Waals surface area contributed by atoms with Crippen LogP contribution in [0.2, 0.25) is 0 Å². The molecule has 18 heteroatoms. The molecule has 0 saturated carbocycles. The van der Waals surface area contributed by atoms with Crippen LogP contribution in [-0.2, 0) is 28.7 Å². The average molecular weight is 823 g/mol. The first kappa shape index (κ1) is 43.6. The molecular weight excluding hydrogens is 769 g/mol. The van der Waals surface area contributed by atoms with Crippen LogP contribution in [0.4, 0.5) is 14.4 Å². The van der Waals surface area contributed by atoms with E-state index in [1.807, 2.05) is 60.3 Å². The summed E-state index contributed by atoms with van der Waals surface area (Å²) in [5.74, 6) is -1.70. The zero-order chi connectivity index (χ0) is 41.8. The predicted molar refractivity (Wildman–Crippen MR) is 217 cm³/mol. The molecule has 1 aliphatic carbocycles. The van der Waals surface area contributed by atoms with Crippen LogP contribution in [0.5, 0.6) is 0 Å². The van der Waals surface area contributed by atoms with Crippen LogP contribution in [0.15, 0.2) is 48.5 Å². The van der Waals surface area contributed by atoms with Crippen molar-refractivity contribution in [2.75, 3.05) is 45.1 Å².